The Morgan fingerprint density at radius 2 is 1.84 bits per heavy atom. The monoisotopic (exact) mass is 285 g/mol. The third kappa shape index (κ3) is 2.17. The zero-order valence-electron chi connectivity index (χ0n) is 10.4. The molecule has 0 radical (unpaired) electrons. The molecular formula is C13H16FNO3S. The number of hydrogen-bond donors (Lipinski definition) is 1. The first-order valence-corrected chi connectivity index (χ1v) is 7.86. The number of aliphatic hydroxyl groups is 1. The average Bonchev–Trinajstić information content (AvgIpc) is 2.93. The fourth-order valence-electron chi connectivity index (χ4n) is 3.15. The number of aliphatic hydroxyl groups excluding tert-OH is 1. The first kappa shape index (κ1) is 13.0. The summed E-state index contributed by atoms with van der Waals surface area (Å²) in [4.78, 5) is 0.114. The second-order valence-corrected chi connectivity index (χ2v) is 7.28. The minimum atomic E-state index is -3.57. The van der Waals surface area contributed by atoms with Gasteiger partial charge in [0.15, 0.2) is 0 Å². The van der Waals surface area contributed by atoms with E-state index in [0.717, 1.165) is 25.0 Å². The molecule has 1 heterocycles. The normalized spacial score (nSPS) is 31.6. The van der Waals surface area contributed by atoms with Crippen LogP contribution >= 0.6 is 0 Å². The van der Waals surface area contributed by atoms with Crippen LogP contribution in [0, 0.1) is 17.7 Å². The lowest BCUT2D eigenvalue weighted by Gasteiger charge is -2.18. The molecule has 1 aliphatic carbocycles. The van der Waals surface area contributed by atoms with Crippen molar-refractivity contribution in [1.82, 2.24) is 4.31 Å². The topological polar surface area (TPSA) is 57.6 Å². The number of rotatable bonds is 2. The molecule has 3 atom stereocenters. The lowest BCUT2D eigenvalue weighted by Crippen LogP contribution is -2.31. The summed E-state index contributed by atoms with van der Waals surface area (Å²) in [6.45, 7) is 0.826. The van der Waals surface area contributed by atoms with Crippen LogP contribution in [-0.4, -0.2) is 37.0 Å². The van der Waals surface area contributed by atoms with Crippen molar-refractivity contribution in [3.63, 3.8) is 0 Å². The van der Waals surface area contributed by atoms with Crippen LogP contribution in [0.3, 0.4) is 0 Å². The molecular weight excluding hydrogens is 269 g/mol. The van der Waals surface area contributed by atoms with Crippen LogP contribution in [-0.2, 0) is 10.0 Å². The number of sulfonamides is 1. The molecule has 1 N–H and O–H groups in total. The van der Waals surface area contributed by atoms with E-state index < -0.39 is 21.9 Å². The van der Waals surface area contributed by atoms with Crippen molar-refractivity contribution in [2.45, 2.75) is 23.8 Å². The van der Waals surface area contributed by atoms with Crippen molar-refractivity contribution in [1.29, 1.82) is 0 Å². The van der Waals surface area contributed by atoms with Gasteiger partial charge in [0, 0.05) is 19.0 Å². The van der Waals surface area contributed by atoms with E-state index in [0.29, 0.717) is 13.1 Å². The number of nitrogens with zero attached hydrogens (tertiary/aromatic N) is 1. The summed E-state index contributed by atoms with van der Waals surface area (Å²) in [5.74, 6) is -0.145. The predicted molar refractivity (Wildman–Crippen MR) is 67.4 cm³/mol. The van der Waals surface area contributed by atoms with Crippen LogP contribution in [0.5, 0.6) is 0 Å². The molecule has 0 aromatic heterocycles. The Morgan fingerprint density at radius 1 is 1.16 bits per heavy atom. The summed E-state index contributed by atoms with van der Waals surface area (Å²) < 4.78 is 39.1. The van der Waals surface area contributed by atoms with Crippen LogP contribution in [0.15, 0.2) is 29.2 Å². The highest BCUT2D eigenvalue weighted by atomic mass is 32.2. The van der Waals surface area contributed by atoms with E-state index in [9.17, 15) is 17.9 Å². The van der Waals surface area contributed by atoms with Gasteiger partial charge >= 0.3 is 0 Å². The van der Waals surface area contributed by atoms with Gasteiger partial charge in [0.25, 0.3) is 0 Å². The molecule has 0 bridgehead atoms. The molecule has 1 saturated heterocycles. The Hall–Kier alpha value is -0.980. The molecule has 4 nitrogen and oxygen atoms in total. The summed E-state index contributed by atoms with van der Waals surface area (Å²) in [6, 6.07) is 4.88. The number of hydrogen-bond acceptors (Lipinski definition) is 3. The molecule has 104 valence electrons. The Kier molecular flexibility index (Phi) is 3.11. The van der Waals surface area contributed by atoms with E-state index in [1.807, 2.05) is 0 Å². The van der Waals surface area contributed by atoms with Gasteiger partial charge in [-0.2, -0.15) is 4.31 Å². The highest BCUT2D eigenvalue weighted by Crippen LogP contribution is 2.39. The third-order valence-corrected chi connectivity index (χ3v) is 6.08. The second-order valence-electron chi connectivity index (χ2n) is 5.34. The number of halogens is 1. The van der Waals surface area contributed by atoms with Gasteiger partial charge in [0.1, 0.15) is 5.82 Å². The third-order valence-electron chi connectivity index (χ3n) is 4.24. The van der Waals surface area contributed by atoms with Gasteiger partial charge in [-0.25, -0.2) is 12.8 Å². The largest absolute Gasteiger partial charge is 0.393 e. The van der Waals surface area contributed by atoms with Crippen LogP contribution in [0.4, 0.5) is 4.39 Å². The van der Waals surface area contributed by atoms with E-state index >= 15 is 0 Å². The minimum Gasteiger partial charge on any atom is -0.393 e. The molecule has 3 unspecified atom stereocenters. The SMILES string of the molecule is O=S(=O)(c1ccc(F)cc1)N1CC2CCC(O)C2C1. The predicted octanol–water partition coefficient (Wildman–Crippen LogP) is 1.22. The molecule has 19 heavy (non-hydrogen) atoms. The van der Waals surface area contributed by atoms with E-state index in [2.05, 4.69) is 0 Å². The quantitative estimate of drug-likeness (QED) is 0.889. The maximum atomic E-state index is 12.8. The molecule has 1 aromatic rings. The number of benzene rings is 1. The highest BCUT2D eigenvalue weighted by molar-refractivity contribution is 7.89. The van der Waals surface area contributed by atoms with Crippen LogP contribution in [0.25, 0.3) is 0 Å². The molecule has 1 saturated carbocycles. The Balaban J connectivity index is 1.84. The van der Waals surface area contributed by atoms with Crippen LogP contribution in [0.1, 0.15) is 12.8 Å². The van der Waals surface area contributed by atoms with E-state index in [1.165, 1.54) is 16.4 Å². The fourth-order valence-corrected chi connectivity index (χ4v) is 4.68. The number of fused-ring (bicyclic) bond motifs is 1. The van der Waals surface area contributed by atoms with Crippen molar-refractivity contribution >= 4 is 10.0 Å². The fraction of sp³-hybridized carbons (Fsp3) is 0.538. The molecule has 1 aromatic carbocycles. The van der Waals surface area contributed by atoms with Gasteiger partial charge in [-0.1, -0.05) is 0 Å². The van der Waals surface area contributed by atoms with Crippen LogP contribution < -0.4 is 0 Å². The summed E-state index contributed by atoms with van der Waals surface area (Å²) in [5.41, 5.74) is 0. The van der Waals surface area contributed by atoms with E-state index in [1.54, 1.807) is 0 Å². The maximum Gasteiger partial charge on any atom is 0.243 e. The highest BCUT2D eigenvalue weighted by Gasteiger charge is 2.45. The first-order chi connectivity index (χ1) is 8.98. The van der Waals surface area contributed by atoms with Gasteiger partial charge in [-0.15, -0.1) is 0 Å². The summed E-state index contributed by atoms with van der Waals surface area (Å²) in [6.07, 6.45) is 1.25. The zero-order chi connectivity index (χ0) is 13.6. The van der Waals surface area contributed by atoms with Gasteiger partial charge in [0.05, 0.1) is 11.0 Å². The van der Waals surface area contributed by atoms with E-state index in [-0.39, 0.29) is 16.7 Å². The first-order valence-electron chi connectivity index (χ1n) is 6.42. The lowest BCUT2D eigenvalue weighted by molar-refractivity contribution is 0.129. The van der Waals surface area contributed by atoms with Gasteiger partial charge in [-0.05, 0) is 43.0 Å². The van der Waals surface area contributed by atoms with Crippen molar-refractivity contribution < 1.29 is 17.9 Å². The van der Waals surface area contributed by atoms with Crippen molar-refractivity contribution in [3.05, 3.63) is 30.1 Å². The molecule has 6 heteroatoms. The zero-order valence-corrected chi connectivity index (χ0v) is 11.2. The molecule has 2 fully saturated rings. The Morgan fingerprint density at radius 3 is 2.47 bits per heavy atom. The molecule has 0 amide bonds. The van der Waals surface area contributed by atoms with Gasteiger partial charge < -0.3 is 5.11 Å². The lowest BCUT2D eigenvalue weighted by atomic mass is 10.00. The molecule has 0 spiro atoms. The maximum absolute atomic E-state index is 12.8. The smallest absolute Gasteiger partial charge is 0.243 e. The van der Waals surface area contributed by atoms with Gasteiger partial charge in [-0.3, -0.25) is 0 Å². The molecule has 2 aliphatic rings. The van der Waals surface area contributed by atoms with Crippen molar-refractivity contribution in [3.8, 4) is 0 Å². The van der Waals surface area contributed by atoms with Crippen molar-refractivity contribution in [2.75, 3.05) is 13.1 Å². The summed E-state index contributed by atoms with van der Waals surface area (Å²) in [5, 5.41) is 9.82. The summed E-state index contributed by atoms with van der Waals surface area (Å²) >= 11 is 0. The standard InChI is InChI=1S/C13H16FNO3S/c14-10-2-4-11(5-3-10)19(17,18)15-7-9-1-6-13(16)12(9)8-15/h2-5,9,12-13,16H,1,6-8H2. The molecule has 1 aliphatic heterocycles. The molecule has 3 rings (SSSR count). The van der Waals surface area contributed by atoms with Gasteiger partial charge in [0.2, 0.25) is 10.0 Å². The Labute approximate surface area is 111 Å². The average molecular weight is 285 g/mol. The van der Waals surface area contributed by atoms with Crippen molar-refractivity contribution in [2.24, 2.45) is 11.8 Å². The minimum absolute atomic E-state index is 0.0511. The second kappa shape index (κ2) is 4.54. The van der Waals surface area contributed by atoms with E-state index in [4.69, 9.17) is 0 Å². The Bertz CT molecular complexity index is 572. The summed E-state index contributed by atoms with van der Waals surface area (Å²) in [7, 11) is -3.57. The van der Waals surface area contributed by atoms with Crippen LogP contribution in [0.2, 0.25) is 0 Å².